The van der Waals surface area contributed by atoms with Crippen LogP contribution in [0.5, 0.6) is 0 Å². The van der Waals surface area contributed by atoms with E-state index in [4.69, 9.17) is 11.6 Å². The summed E-state index contributed by atoms with van der Waals surface area (Å²) in [6, 6.07) is 19.2. The number of halogens is 2. The van der Waals surface area contributed by atoms with Crippen LogP contribution in [-0.2, 0) is 4.79 Å². The summed E-state index contributed by atoms with van der Waals surface area (Å²) >= 11 is 9.41. The van der Waals surface area contributed by atoms with Crippen molar-refractivity contribution < 1.29 is 9.90 Å². The average Bonchev–Trinajstić information content (AvgIpc) is 3.00. The van der Waals surface area contributed by atoms with E-state index in [9.17, 15) is 9.90 Å². The normalized spacial score (nSPS) is 18.3. The van der Waals surface area contributed by atoms with E-state index in [-0.39, 0.29) is 22.8 Å². The Morgan fingerprint density at radius 3 is 2.38 bits per heavy atom. The minimum atomic E-state index is -0.561. The van der Waals surface area contributed by atoms with Gasteiger partial charge in [0, 0.05) is 21.3 Å². The van der Waals surface area contributed by atoms with E-state index in [0.717, 1.165) is 10.0 Å². The van der Waals surface area contributed by atoms with Crippen molar-refractivity contribution in [3.63, 3.8) is 0 Å². The number of rotatable bonds is 3. The van der Waals surface area contributed by atoms with Gasteiger partial charge < -0.3 is 10.0 Å². The number of ketones is 1. The Balaban J connectivity index is 1.94. The van der Waals surface area contributed by atoms with Crippen LogP contribution in [0, 0.1) is 0 Å². The van der Waals surface area contributed by atoms with Crippen LogP contribution in [0.25, 0.3) is 5.76 Å². The lowest BCUT2D eigenvalue weighted by Gasteiger charge is -2.26. The summed E-state index contributed by atoms with van der Waals surface area (Å²) < 4.78 is 0.918. The molecule has 1 aromatic heterocycles. The first-order valence-corrected chi connectivity index (χ1v) is 10.0. The van der Waals surface area contributed by atoms with Gasteiger partial charge in [-0.1, -0.05) is 52.3 Å². The minimum absolute atomic E-state index is 0.0980. The smallest absolute Gasteiger partial charge is 0.211 e. The highest BCUT2D eigenvalue weighted by atomic mass is 79.9. The highest BCUT2D eigenvalue weighted by Gasteiger charge is 2.43. The van der Waals surface area contributed by atoms with E-state index in [1.807, 2.05) is 36.4 Å². The largest absolute Gasteiger partial charge is 0.507 e. The van der Waals surface area contributed by atoms with Crippen LogP contribution < -0.4 is 4.90 Å². The van der Waals surface area contributed by atoms with Crippen LogP contribution >= 0.6 is 27.5 Å². The number of nitrogens with zero attached hydrogens (tertiary/aromatic N) is 2. The van der Waals surface area contributed by atoms with Crippen LogP contribution in [0.15, 0.2) is 95.2 Å². The second kappa shape index (κ2) is 7.85. The second-order valence-corrected chi connectivity index (χ2v) is 7.91. The fourth-order valence-corrected chi connectivity index (χ4v) is 3.79. The van der Waals surface area contributed by atoms with E-state index in [1.165, 1.54) is 0 Å². The number of aromatic nitrogens is 1. The summed E-state index contributed by atoms with van der Waals surface area (Å²) in [6.45, 7) is 3.99. The van der Waals surface area contributed by atoms with E-state index < -0.39 is 6.04 Å². The molecule has 0 amide bonds. The van der Waals surface area contributed by atoms with E-state index in [0.29, 0.717) is 16.4 Å². The molecule has 3 aromatic rings. The topological polar surface area (TPSA) is 53.4 Å². The van der Waals surface area contributed by atoms with Crippen LogP contribution in [0.3, 0.4) is 0 Å². The van der Waals surface area contributed by atoms with Crippen molar-refractivity contribution in [3.05, 3.63) is 111 Å². The molecule has 1 fully saturated rings. The zero-order valence-electron chi connectivity index (χ0n) is 15.2. The average molecular weight is 468 g/mol. The summed E-state index contributed by atoms with van der Waals surface area (Å²) in [6.07, 6.45) is 1.66. The molecule has 0 spiro atoms. The van der Waals surface area contributed by atoms with E-state index in [1.54, 1.807) is 41.4 Å². The molecular weight excluding hydrogens is 452 g/mol. The Morgan fingerprint density at radius 2 is 1.76 bits per heavy atom. The van der Waals surface area contributed by atoms with Crippen LogP contribution in [0.2, 0.25) is 5.02 Å². The maximum Gasteiger partial charge on any atom is 0.211 e. The quantitative estimate of drug-likeness (QED) is 0.373. The lowest BCUT2D eigenvalue weighted by Crippen LogP contribution is -2.23. The molecule has 4 rings (SSSR count). The first kappa shape index (κ1) is 19.4. The second-order valence-electron chi connectivity index (χ2n) is 6.56. The Labute approximate surface area is 181 Å². The summed E-state index contributed by atoms with van der Waals surface area (Å²) in [5.74, 6) is 0.160. The monoisotopic (exact) mass is 466 g/mol. The molecule has 1 atom stereocenters. The molecule has 1 aliphatic heterocycles. The predicted molar refractivity (Wildman–Crippen MR) is 119 cm³/mol. The van der Waals surface area contributed by atoms with Gasteiger partial charge in [0.05, 0.1) is 17.3 Å². The third kappa shape index (κ3) is 3.59. The Bertz CT molecular complexity index is 1110. The zero-order valence-corrected chi connectivity index (χ0v) is 17.6. The van der Waals surface area contributed by atoms with Gasteiger partial charge in [-0.25, -0.2) is 4.98 Å². The first-order chi connectivity index (χ1) is 14.0. The number of carbonyl (C=O) groups excluding carboxylic acids is 1. The minimum Gasteiger partial charge on any atom is -0.507 e. The molecule has 0 bridgehead atoms. The fraction of sp³-hybridized carbons (Fsp3) is 0.0435. The standard InChI is InChI=1S/C23H16BrClN2O2/c1-14-22(28)20(23(29)16-7-11-18(25)12-8-16)21(15-5-9-17(24)10-6-15)27(14)19-4-2-3-13-26-19/h2-13,21,29H,1H2. The van der Waals surface area contributed by atoms with Gasteiger partial charge in [0.1, 0.15) is 11.6 Å². The number of carbonyl (C=O) groups is 1. The van der Waals surface area contributed by atoms with Gasteiger partial charge in [0.2, 0.25) is 5.78 Å². The maximum absolute atomic E-state index is 13.2. The first-order valence-electron chi connectivity index (χ1n) is 8.86. The molecule has 1 aliphatic rings. The lowest BCUT2D eigenvalue weighted by atomic mass is 9.95. The number of aliphatic hydroxyl groups is 1. The molecule has 1 N–H and O–H groups in total. The molecule has 144 valence electrons. The number of Topliss-reactive ketones (excluding diaryl/α,β-unsaturated/α-hetero) is 1. The van der Waals surface area contributed by atoms with Gasteiger partial charge in [-0.05, 0) is 54.1 Å². The van der Waals surface area contributed by atoms with Crippen molar-refractivity contribution in [2.24, 2.45) is 0 Å². The third-order valence-corrected chi connectivity index (χ3v) is 5.56. The number of benzene rings is 2. The van der Waals surface area contributed by atoms with Gasteiger partial charge >= 0.3 is 0 Å². The predicted octanol–water partition coefficient (Wildman–Crippen LogP) is 6.11. The highest BCUT2D eigenvalue weighted by molar-refractivity contribution is 9.10. The van der Waals surface area contributed by atoms with Gasteiger partial charge in [-0.3, -0.25) is 4.79 Å². The van der Waals surface area contributed by atoms with Crippen LogP contribution in [0.1, 0.15) is 17.2 Å². The molecule has 4 nitrogen and oxygen atoms in total. The zero-order chi connectivity index (χ0) is 20.5. The van der Waals surface area contributed by atoms with Gasteiger partial charge in [-0.2, -0.15) is 0 Å². The molecule has 2 heterocycles. The number of pyridine rings is 1. The summed E-state index contributed by atoms with van der Waals surface area (Å²) in [7, 11) is 0. The highest BCUT2D eigenvalue weighted by Crippen LogP contribution is 2.45. The molecule has 0 saturated carbocycles. The Hall–Kier alpha value is -2.89. The van der Waals surface area contributed by atoms with Gasteiger partial charge in [0.25, 0.3) is 0 Å². The molecule has 6 heteroatoms. The molecular formula is C23H16BrClN2O2. The number of aliphatic hydroxyl groups excluding tert-OH is 1. The Kier molecular flexibility index (Phi) is 5.26. The SMILES string of the molecule is C=C1C(=O)C(=C(O)c2ccc(Cl)cc2)C(c2ccc(Br)cc2)N1c1ccccn1. The van der Waals surface area contributed by atoms with Crippen LogP contribution in [-0.4, -0.2) is 15.9 Å². The number of hydrogen-bond acceptors (Lipinski definition) is 4. The summed E-state index contributed by atoms with van der Waals surface area (Å²) in [5.41, 5.74) is 1.86. The lowest BCUT2D eigenvalue weighted by molar-refractivity contribution is -0.111. The number of allylic oxidation sites excluding steroid dienone is 1. The molecule has 1 saturated heterocycles. The van der Waals surface area contributed by atoms with Crippen molar-refractivity contribution >= 4 is 44.9 Å². The van der Waals surface area contributed by atoms with E-state index >= 15 is 0 Å². The summed E-state index contributed by atoms with van der Waals surface area (Å²) in [5, 5.41) is 11.6. The van der Waals surface area contributed by atoms with Crippen LogP contribution in [0.4, 0.5) is 5.82 Å². The van der Waals surface area contributed by atoms with Crippen molar-refractivity contribution in [1.29, 1.82) is 0 Å². The molecule has 1 unspecified atom stereocenters. The summed E-state index contributed by atoms with van der Waals surface area (Å²) in [4.78, 5) is 19.4. The van der Waals surface area contributed by atoms with Crippen molar-refractivity contribution in [2.45, 2.75) is 6.04 Å². The Morgan fingerprint density at radius 1 is 1.07 bits per heavy atom. The molecule has 2 aromatic carbocycles. The van der Waals surface area contributed by atoms with E-state index in [2.05, 4.69) is 27.5 Å². The van der Waals surface area contributed by atoms with Crippen molar-refractivity contribution in [3.8, 4) is 0 Å². The molecule has 29 heavy (non-hydrogen) atoms. The number of hydrogen-bond donors (Lipinski definition) is 1. The maximum atomic E-state index is 13.2. The molecule has 0 radical (unpaired) electrons. The van der Waals surface area contributed by atoms with Crippen molar-refractivity contribution in [2.75, 3.05) is 4.90 Å². The fourth-order valence-electron chi connectivity index (χ4n) is 3.40. The molecule has 0 aliphatic carbocycles. The van der Waals surface area contributed by atoms with Crippen molar-refractivity contribution in [1.82, 2.24) is 4.98 Å². The van der Waals surface area contributed by atoms with Gasteiger partial charge in [0.15, 0.2) is 0 Å². The number of anilines is 1. The third-order valence-electron chi connectivity index (χ3n) is 4.78. The van der Waals surface area contributed by atoms with Gasteiger partial charge in [-0.15, -0.1) is 0 Å².